The number of hydrogen-bond donors (Lipinski definition) is 1. The van der Waals surface area contributed by atoms with Crippen molar-refractivity contribution in [3.63, 3.8) is 0 Å². The molecule has 3 heterocycles. The van der Waals surface area contributed by atoms with Crippen LogP contribution in [0.15, 0.2) is 66.9 Å². The second kappa shape index (κ2) is 8.18. The summed E-state index contributed by atoms with van der Waals surface area (Å²) < 4.78 is 14.4. The Hall–Kier alpha value is -3.84. The second-order valence-corrected chi connectivity index (χ2v) is 9.54. The van der Waals surface area contributed by atoms with Crippen molar-refractivity contribution in [1.29, 1.82) is 0 Å². The third-order valence-corrected chi connectivity index (χ3v) is 7.13. The maximum atomic E-state index is 13.0. The van der Waals surface area contributed by atoms with Gasteiger partial charge in [-0.25, -0.2) is 4.98 Å². The zero-order valence-electron chi connectivity index (χ0n) is 18.9. The quantitative estimate of drug-likeness (QED) is 0.362. The van der Waals surface area contributed by atoms with Crippen LogP contribution in [0.25, 0.3) is 26.4 Å². The first-order valence-electron chi connectivity index (χ1n) is 11.2. The summed E-state index contributed by atoms with van der Waals surface area (Å²) in [6.07, 6.45) is 2.06. The Morgan fingerprint density at radius 1 is 1.03 bits per heavy atom. The normalized spacial score (nSPS) is 13.8. The van der Waals surface area contributed by atoms with Gasteiger partial charge in [0.1, 0.15) is 13.2 Å². The van der Waals surface area contributed by atoms with Gasteiger partial charge in [0.05, 0.1) is 22.0 Å². The molecule has 0 saturated heterocycles. The standard InChI is InChI=1S/C27H23N3O3S/c1-16-3-5-18(6-4-16)21-15-30-22-9-7-20(14-25(22)34-27(30)29-21)26(31)28-17(2)19-8-10-23-24(13-19)33-12-11-32-23/h3-10,13-15,17H,11-12H2,1-2H3,(H,28,31). The van der Waals surface area contributed by atoms with E-state index < -0.39 is 0 Å². The number of thiazole rings is 1. The fourth-order valence-electron chi connectivity index (χ4n) is 4.20. The van der Waals surface area contributed by atoms with Crippen LogP contribution in [0.1, 0.15) is 34.5 Å². The molecule has 0 fully saturated rings. The lowest BCUT2D eigenvalue weighted by Crippen LogP contribution is -2.26. The largest absolute Gasteiger partial charge is 0.486 e. The van der Waals surface area contributed by atoms with E-state index in [4.69, 9.17) is 14.5 Å². The van der Waals surface area contributed by atoms with Gasteiger partial charge in [-0.1, -0.05) is 47.2 Å². The van der Waals surface area contributed by atoms with Crippen molar-refractivity contribution >= 4 is 32.4 Å². The Kier molecular flexibility index (Phi) is 4.99. The minimum atomic E-state index is -0.170. The van der Waals surface area contributed by atoms with Gasteiger partial charge < -0.3 is 14.8 Å². The first kappa shape index (κ1) is 20.7. The molecule has 1 amide bonds. The smallest absolute Gasteiger partial charge is 0.251 e. The lowest BCUT2D eigenvalue weighted by molar-refractivity contribution is 0.0940. The van der Waals surface area contributed by atoms with E-state index in [1.54, 1.807) is 11.3 Å². The summed E-state index contributed by atoms with van der Waals surface area (Å²) in [4.78, 5) is 18.7. The molecule has 1 unspecified atom stereocenters. The number of carbonyl (C=O) groups excluding carboxylic acids is 1. The number of rotatable bonds is 4. The first-order chi connectivity index (χ1) is 16.5. The molecule has 6 nitrogen and oxygen atoms in total. The van der Waals surface area contributed by atoms with Crippen LogP contribution in [0.3, 0.4) is 0 Å². The van der Waals surface area contributed by atoms with Crippen LogP contribution in [0, 0.1) is 6.92 Å². The van der Waals surface area contributed by atoms with Gasteiger partial charge in [-0.15, -0.1) is 0 Å². The molecule has 0 radical (unpaired) electrons. The van der Waals surface area contributed by atoms with E-state index in [1.165, 1.54) is 5.56 Å². The van der Waals surface area contributed by atoms with E-state index in [0.717, 1.165) is 43.5 Å². The molecule has 5 aromatic rings. The highest BCUT2D eigenvalue weighted by molar-refractivity contribution is 7.23. The number of hydrogen-bond acceptors (Lipinski definition) is 5. The van der Waals surface area contributed by atoms with E-state index in [2.05, 4.69) is 47.1 Å². The fourth-order valence-corrected chi connectivity index (χ4v) is 5.25. The van der Waals surface area contributed by atoms with Gasteiger partial charge in [0.2, 0.25) is 0 Å². The lowest BCUT2D eigenvalue weighted by Gasteiger charge is -2.21. The number of nitrogens with zero attached hydrogens (tertiary/aromatic N) is 2. The Balaban J connectivity index is 1.24. The van der Waals surface area contributed by atoms with Gasteiger partial charge in [-0.05, 0) is 49.7 Å². The Morgan fingerprint density at radius 2 is 1.82 bits per heavy atom. The molecule has 34 heavy (non-hydrogen) atoms. The molecule has 170 valence electrons. The highest BCUT2D eigenvalue weighted by Crippen LogP contribution is 2.33. The molecule has 0 spiro atoms. The molecule has 7 heteroatoms. The van der Waals surface area contributed by atoms with Crippen LogP contribution >= 0.6 is 11.3 Å². The van der Waals surface area contributed by atoms with E-state index in [0.29, 0.717) is 18.8 Å². The van der Waals surface area contributed by atoms with Gasteiger partial charge >= 0.3 is 0 Å². The molecule has 1 atom stereocenters. The maximum Gasteiger partial charge on any atom is 0.251 e. The van der Waals surface area contributed by atoms with Crippen molar-refractivity contribution in [2.24, 2.45) is 0 Å². The molecule has 0 aliphatic carbocycles. The molecule has 2 aromatic heterocycles. The number of amides is 1. The molecule has 0 bridgehead atoms. The molecule has 3 aromatic carbocycles. The number of aryl methyl sites for hydroxylation is 1. The van der Waals surface area contributed by atoms with E-state index in [-0.39, 0.29) is 11.9 Å². The average molecular weight is 470 g/mol. The van der Waals surface area contributed by atoms with E-state index >= 15 is 0 Å². The third-order valence-electron chi connectivity index (χ3n) is 6.12. The summed E-state index contributed by atoms with van der Waals surface area (Å²) in [7, 11) is 0. The number of aromatic nitrogens is 2. The Morgan fingerprint density at radius 3 is 2.65 bits per heavy atom. The number of imidazole rings is 1. The van der Waals surface area contributed by atoms with Crippen LogP contribution in [0.2, 0.25) is 0 Å². The van der Waals surface area contributed by atoms with Crippen LogP contribution in [-0.2, 0) is 0 Å². The van der Waals surface area contributed by atoms with Gasteiger partial charge in [0.15, 0.2) is 16.5 Å². The van der Waals surface area contributed by atoms with Gasteiger partial charge in [0, 0.05) is 17.3 Å². The van der Waals surface area contributed by atoms with Crippen molar-refractivity contribution in [3.05, 3.63) is 83.6 Å². The summed E-state index contributed by atoms with van der Waals surface area (Å²) in [5.74, 6) is 1.35. The molecule has 1 aliphatic rings. The molecular weight excluding hydrogens is 446 g/mol. The molecule has 6 rings (SSSR count). The monoisotopic (exact) mass is 469 g/mol. The van der Waals surface area contributed by atoms with Crippen molar-refractivity contribution < 1.29 is 14.3 Å². The minimum Gasteiger partial charge on any atom is -0.486 e. The number of nitrogens with one attached hydrogen (secondary N) is 1. The highest BCUT2D eigenvalue weighted by atomic mass is 32.1. The zero-order chi connectivity index (χ0) is 23.2. The van der Waals surface area contributed by atoms with E-state index in [9.17, 15) is 4.79 Å². The summed E-state index contributed by atoms with van der Waals surface area (Å²) in [5.41, 5.74) is 5.91. The van der Waals surface area contributed by atoms with Crippen LogP contribution in [0.5, 0.6) is 11.5 Å². The van der Waals surface area contributed by atoms with Crippen molar-refractivity contribution in [1.82, 2.24) is 14.7 Å². The first-order valence-corrected chi connectivity index (χ1v) is 12.1. The van der Waals surface area contributed by atoms with Crippen LogP contribution in [0.4, 0.5) is 0 Å². The number of carbonyl (C=O) groups is 1. The van der Waals surface area contributed by atoms with Gasteiger partial charge in [-0.3, -0.25) is 9.20 Å². The Labute approximate surface area is 200 Å². The summed E-state index contributed by atoms with van der Waals surface area (Å²) in [5, 5.41) is 3.09. The molecule has 1 aliphatic heterocycles. The maximum absolute atomic E-state index is 13.0. The van der Waals surface area contributed by atoms with Gasteiger partial charge in [-0.2, -0.15) is 0 Å². The summed E-state index contributed by atoms with van der Waals surface area (Å²) in [6, 6.07) is 19.8. The average Bonchev–Trinajstić information content (AvgIpc) is 3.42. The van der Waals surface area contributed by atoms with Crippen LogP contribution < -0.4 is 14.8 Å². The number of fused-ring (bicyclic) bond motifs is 4. The lowest BCUT2D eigenvalue weighted by atomic mass is 10.1. The van der Waals surface area contributed by atoms with Gasteiger partial charge in [0.25, 0.3) is 5.91 Å². The van der Waals surface area contributed by atoms with Crippen molar-refractivity contribution in [3.8, 4) is 22.8 Å². The van der Waals surface area contributed by atoms with Crippen molar-refractivity contribution in [2.45, 2.75) is 19.9 Å². The van der Waals surface area contributed by atoms with Crippen molar-refractivity contribution in [2.75, 3.05) is 13.2 Å². The minimum absolute atomic E-state index is 0.115. The number of ether oxygens (including phenoxy) is 2. The predicted molar refractivity (Wildman–Crippen MR) is 134 cm³/mol. The SMILES string of the molecule is Cc1ccc(-c2cn3c(n2)sc2cc(C(=O)NC(C)c4ccc5c(c4)OCCO5)ccc23)cc1. The fraction of sp³-hybridized carbons (Fsp3) is 0.185. The summed E-state index contributed by atoms with van der Waals surface area (Å²) in [6.45, 7) is 5.14. The molecular formula is C27H23N3O3S. The van der Waals surface area contributed by atoms with Crippen LogP contribution in [-0.4, -0.2) is 28.5 Å². The third kappa shape index (κ3) is 3.68. The van der Waals surface area contributed by atoms with E-state index in [1.807, 2.05) is 43.3 Å². The summed E-state index contributed by atoms with van der Waals surface area (Å²) >= 11 is 1.58. The highest BCUT2D eigenvalue weighted by Gasteiger charge is 2.18. The second-order valence-electron chi connectivity index (χ2n) is 8.53. The number of benzene rings is 3. The predicted octanol–water partition coefficient (Wildman–Crippen LogP) is 5.79. The zero-order valence-corrected chi connectivity index (χ0v) is 19.7. The molecule has 1 N–H and O–H groups in total. The topological polar surface area (TPSA) is 64.9 Å². The molecule has 0 saturated carbocycles. The Bertz CT molecular complexity index is 1530.